The number of ether oxygens (including phenoxy) is 2. The van der Waals surface area contributed by atoms with E-state index < -0.39 is 0 Å². The summed E-state index contributed by atoms with van der Waals surface area (Å²) < 4.78 is 10.9. The number of hydrogen-bond acceptors (Lipinski definition) is 3. The summed E-state index contributed by atoms with van der Waals surface area (Å²) in [5.41, 5.74) is 2.18. The van der Waals surface area contributed by atoms with Crippen molar-refractivity contribution in [3.05, 3.63) is 35.9 Å². The van der Waals surface area contributed by atoms with Crippen LogP contribution < -0.4 is 14.8 Å². The average Bonchev–Trinajstić information content (AvgIpc) is 2.34. The number of rotatable bonds is 7. The van der Waals surface area contributed by atoms with E-state index in [1.165, 1.54) is 5.56 Å². The summed E-state index contributed by atoms with van der Waals surface area (Å²) in [6.45, 7) is 10.1. The van der Waals surface area contributed by atoms with Crippen molar-refractivity contribution in [3.63, 3.8) is 0 Å². The lowest BCUT2D eigenvalue weighted by Crippen LogP contribution is -2.11. The van der Waals surface area contributed by atoms with E-state index in [-0.39, 0.29) is 0 Å². The zero-order valence-corrected chi connectivity index (χ0v) is 10.9. The first-order chi connectivity index (χ1) is 8.17. The molecule has 0 amide bonds. The minimum absolute atomic E-state index is 0.517. The minimum atomic E-state index is 0.517. The van der Waals surface area contributed by atoms with Gasteiger partial charge in [0.05, 0.1) is 7.11 Å². The van der Waals surface area contributed by atoms with Crippen LogP contribution in [0.2, 0.25) is 0 Å². The Kier molecular flexibility index (Phi) is 5.57. The highest BCUT2D eigenvalue weighted by Gasteiger charge is 2.05. The van der Waals surface area contributed by atoms with Crippen LogP contribution in [0.15, 0.2) is 30.4 Å². The molecule has 0 fully saturated rings. The van der Waals surface area contributed by atoms with Crippen molar-refractivity contribution >= 4 is 0 Å². The Labute approximate surface area is 103 Å². The van der Waals surface area contributed by atoms with E-state index >= 15 is 0 Å². The van der Waals surface area contributed by atoms with Gasteiger partial charge in [-0.2, -0.15) is 0 Å². The highest BCUT2D eigenvalue weighted by molar-refractivity contribution is 5.43. The standard InChI is InChI=1S/C14H21NO2/c1-5-15-9-12-6-7-13(14(8-12)16-4)17-10-11(2)3/h6-8,15H,2,5,9-10H2,1,3-4H3. The first kappa shape index (κ1) is 13.6. The van der Waals surface area contributed by atoms with Crippen molar-refractivity contribution in [2.75, 3.05) is 20.3 Å². The summed E-state index contributed by atoms with van der Waals surface area (Å²) >= 11 is 0. The zero-order valence-electron chi connectivity index (χ0n) is 10.9. The zero-order chi connectivity index (χ0) is 12.7. The molecule has 1 aromatic rings. The third-order valence-corrected chi connectivity index (χ3v) is 2.28. The molecule has 0 radical (unpaired) electrons. The molecule has 1 aromatic carbocycles. The number of nitrogens with one attached hydrogen (secondary N) is 1. The van der Waals surface area contributed by atoms with Crippen LogP contribution in [0.25, 0.3) is 0 Å². The van der Waals surface area contributed by atoms with Gasteiger partial charge in [0.1, 0.15) is 6.61 Å². The van der Waals surface area contributed by atoms with Crippen LogP contribution in [0.1, 0.15) is 19.4 Å². The fraction of sp³-hybridized carbons (Fsp3) is 0.429. The molecule has 0 aliphatic rings. The maximum atomic E-state index is 5.60. The topological polar surface area (TPSA) is 30.5 Å². The van der Waals surface area contributed by atoms with Crippen molar-refractivity contribution in [3.8, 4) is 11.5 Å². The van der Waals surface area contributed by atoms with Gasteiger partial charge in [0.15, 0.2) is 11.5 Å². The van der Waals surface area contributed by atoms with Gasteiger partial charge >= 0.3 is 0 Å². The molecule has 1 N–H and O–H groups in total. The molecule has 3 heteroatoms. The first-order valence-electron chi connectivity index (χ1n) is 5.82. The van der Waals surface area contributed by atoms with Gasteiger partial charge in [0, 0.05) is 6.54 Å². The van der Waals surface area contributed by atoms with Crippen LogP contribution in [0, 0.1) is 0 Å². The Morgan fingerprint density at radius 1 is 1.35 bits per heavy atom. The third-order valence-electron chi connectivity index (χ3n) is 2.28. The molecule has 0 aliphatic heterocycles. The predicted octanol–water partition coefficient (Wildman–Crippen LogP) is 2.76. The summed E-state index contributed by atoms with van der Waals surface area (Å²) in [6, 6.07) is 5.98. The predicted molar refractivity (Wildman–Crippen MR) is 70.7 cm³/mol. The monoisotopic (exact) mass is 235 g/mol. The van der Waals surface area contributed by atoms with Crippen LogP contribution in [-0.2, 0) is 6.54 Å². The normalized spacial score (nSPS) is 10.1. The lowest BCUT2D eigenvalue weighted by atomic mass is 10.2. The average molecular weight is 235 g/mol. The van der Waals surface area contributed by atoms with Crippen LogP contribution in [0.4, 0.5) is 0 Å². The lowest BCUT2D eigenvalue weighted by molar-refractivity contribution is 0.319. The van der Waals surface area contributed by atoms with Gasteiger partial charge in [-0.25, -0.2) is 0 Å². The van der Waals surface area contributed by atoms with Gasteiger partial charge in [-0.05, 0) is 36.7 Å². The van der Waals surface area contributed by atoms with Crippen LogP contribution in [0.3, 0.4) is 0 Å². The third kappa shape index (κ3) is 4.49. The maximum Gasteiger partial charge on any atom is 0.161 e. The molecule has 0 unspecified atom stereocenters. The van der Waals surface area contributed by atoms with Crippen LogP contribution >= 0.6 is 0 Å². The van der Waals surface area contributed by atoms with Crippen molar-refractivity contribution in [2.45, 2.75) is 20.4 Å². The van der Waals surface area contributed by atoms with Gasteiger partial charge in [-0.3, -0.25) is 0 Å². The van der Waals surface area contributed by atoms with Crippen molar-refractivity contribution in [1.29, 1.82) is 0 Å². The summed E-state index contributed by atoms with van der Waals surface area (Å²) in [5.74, 6) is 1.53. The van der Waals surface area contributed by atoms with Crippen LogP contribution in [0.5, 0.6) is 11.5 Å². The molecule has 0 heterocycles. The molecule has 0 saturated heterocycles. The molecule has 3 nitrogen and oxygen atoms in total. The highest BCUT2D eigenvalue weighted by atomic mass is 16.5. The number of benzene rings is 1. The second-order valence-corrected chi connectivity index (χ2v) is 4.01. The van der Waals surface area contributed by atoms with E-state index in [1.54, 1.807) is 7.11 Å². The van der Waals surface area contributed by atoms with E-state index in [1.807, 2.05) is 25.1 Å². The number of methoxy groups -OCH3 is 1. The number of hydrogen-bond donors (Lipinski definition) is 1. The van der Waals surface area contributed by atoms with E-state index in [0.717, 1.165) is 30.2 Å². The Bertz CT molecular complexity index is 374. The Morgan fingerprint density at radius 2 is 2.12 bits per heavy atom. The molecule has 0 atom stereocenters. The largest absolute Gasteiger partial charge is 0.493 e. The quantitative estimate of drug-likeness (QED) is 0.737. The van der Waals surface area contributed by atoms with Gasteiger partial charge in [0.25, 0.3) is 0 Å². The molecule has 0 aliphatic carbocycles. The molecule has 94 valence electrons. The fourth-order valence-corrected chi connectivity index (χ4v) is 1.41. The molecular weight excluding hydrogens is 214 g/mol. The Morgan fingerprint density at radius 3 is 2.71 bits per heavy atom. The summed E-state index contributed by atoms with van der Waals surface area (Å²) in [6.07, 6.45) is 0. The summed E-state index contributed by atoms with van der Waals surface area (Å²) in [7, 11) is 1.65. The van der Waals surface area contributed by atoms with Gasteiger partial charge in [0.2, 0.25) is 0 Å². The SMILES string of the molecule is C=C(C)COc1ccc(CNCC)cc1OC. The molecule has 17 heavy (non-hydrogen) atoms. The van der Waals surface area contributed by atoms with E-state index in [9.17, 15) is 0 Å². The van der Waals surface area contributed by atoms with Gasteiger partial charge < -0.3 is 14.8 Å². The van der Waals surface area contributed by atoms with Gasteiger partial charge in [-0.1, -0.05) is 19.6 Å². The second kappa shape index (κ2) is 6.97. The van der Waals surface area contributed by atoms with E-state index in [4.69, 9.17) is 9.47 Å². The molecule has 0 saturated carbocycles. The van der Waals surface area contributed by atoms with Crippen molar-refractivity contribution in [1.82, 2.24) is 5.32 Å². The molecule has 0 aromatic heterocycles. The fourth-order valence-electron chi connectivity index (χ4n) is 1.41. The molecular formula is C14H21NO2. The van der Waals surface area contributed by atoms with Crippen molar-refractivity contribution in [2.24, 2.45) is 0 Å². The summed E-state index contributed by atoms with van der Waals surface area (Å²) in [4.78, 5) is 0. The Hall–Kier alpha value is -1.48. The van der Waals surface area contributed by atoms with E-state index in [2.05, 4.69) is 18.8 Å². The highest BCUT2D eigenvalue weighted by Crippen LogP contribution is 2.28. The molecule has 0 bridgehead atoms. The molecule has 0 spiro atoms. The molecule has 1 rings (SSSR count). The second-order valence-electron chi connectivity index (χ2n) is 4.01. The smallest absolute Gasteiger partial charge is 0.161 e. The Balaban J connectivity index is 2.74. The maximum absolute atomic E-state index is 5.60. The minimum Gasteiger partial charge on any atom is -0.493 e. The first-order valence-corrected chi connectivity index (χ1v) is 5.82. The summed E-state index contributed by atoms with van der Waals surface area (Å²) in [5, 5.41) is 3.28. The van der Waals surface area contributed by atoms with Crippen LogP contribution in [-0.4, -0.2) is 20.3 Å². The van der Waals surface area contributed by atoms with E-state index in [0.29, 0.717) is 6.61 Å². The lowest BCUT2D eigenvalue weighted by Gasteiger charge is -2.12. The van der Waals surface area contributed by atoms with Gasteiger partial charge in [-0.15, -0.1) is 0 Å². The van der Waals surface area contributed by atoms with Crippen molar-refractivity contribution < 1.29 is 9.47 Å².